The van der Waals surface area contributed by atoms with Crippen molar-refractivity contribution in [2.45, 2.75) is 52.6 Å². The highest BCUT2D eigenvalue weighted by Gasteiger charge is 2.13. The Labute approximate surface area is 128 Å². The van der Waals surface area contributed by atoms with Crippen LogP contribution in [0.2, 0.25) is 0 Å². The van der Waals surface area contributed by atoms with Crippen LogP contribution in [0.3, 0.4) is 0 Å². The molecule has 0 aromatic heterocycles. The summed E-state index contributed by atoms with van der Waals surface area (Å²) in [6, 6.07) is 8.38. The molecule has 0 saturated carbocycles. The zero-order valence-electron chi connectivity index (χ0n) is 13.8. The number of nitrogens with one attached hydrogen (secondary N) is 2. The Morgan fingerprint density at radius 1 is 1.24 bits per heavy atom. The van der Waals surface area contributed by atoms with Gasteiger partial charge in [-0.2, -0.15) is 0 Å². The summed E-state index contributed by atoms with van der Waals surface area (Å²) in [5, 5.41) is 6.25. The van der Waals surface area contributed by atoms with Gasteiger partial charge in [-0.15, -0.1) is 0 Å². The molecule has 0 heterocycles. The highest BCUT2D eigenvalue weighted by atomic mass is 16.5. The van der Waals surface area contributed by atoms with Gasteiger partial charge in [-0.25, -0.2) is 0 Å². The van der Waals surface area contributed by atoms with Gasteiger partial charge >= 0.3 is 0 Å². The molecule has 1 amide bonds. The lowest BCUT2D eigenvalue weighted by Gasteiger charge is -2.20. The summed E-state index contributed by atoms with van der Waals surface area (Å²) in [6.07, 6.45) is 0.985. The normalized spacial score (nSPS) is 12.8. The number of likely N-dealkylation sites (N-methyl/N-ethyl adjacent to an activating group) is 1. The molecular weight excluding hydrogens is 264 g/mol. The number of rotatable bonds is 7. The van der Waals surface area contributed by atoms with E-state index in [1.807, 2.05) is 45.0 Å². The highest BCUT2D eigenvalue weighted by molar-refractivity contribution is 5.78. The van der Waals surface area contributed by atoms with E-state index in [4.69, 9.17) is 4.74 Å². The number of benzene rings is 1. The van der Waals surface area contributed by atoms with E-state index in [0.29, 0.717) is 6.04 Å². The first kappa shape index (κ1) is 17.5. The zero-order chi connectivity index (χ0) is 15.9. The van der Waals surface area contributed by atoms with Crippen LogP contribution in [-0.2, 0) is 11.2 Å². The predicted molar refractivity (Wildman–Crippen MR) is 86.7 cm³/mol. The first-order chi connectivity index (χ1) is 9.80. The molecule has 0 fully saturated rings. The molecule has 4 nitrogen and oxygen atoms in total. The summed E-state index contributed by atoms with van der Waals surface area (Å²) in [5.41, 5.74) is 1.03. The number of hydrogen-bond acceptors (Lipinski definition) is 3. The second kappa shape index (κ2) is 8.03. The summed E-state index contributed by atoms with van der Waals surface area (Å²) in [5.74, 6) is 0.617. The van der Waals surface area contributed by atoms with Gasteiger partial charge in [-0.3, -0.25) is 4.79 Å². The molecule has 0 saturated heterocycles. The van der Waals surface area contributed by atoms with Crippen LogP contribution in [0.5, 0.6) is 5.75 Å². The van der Waals surface area contributed by atoms with E-state index in [-0.39, 0.29) is 18.1 Å². The Kier molecular flexibility index (Phi) is 6.69. The molecule has 0 aliphatic rings. The van der Waals surface area contributed by atoms with Crippen LogP contribution in [0.15, 0.2) is 24.3 Å². The lowest BCUT2D eigenvalue weighted by Crippen LogP contribution is -2.43. The van der Waals surface area contributed by atoms with Gasteiger partial charge in [0.25, 0.3) is 5.91 Å². The van der Waals surface area contributed by atoms with Gasteiger partial charge in [0, 0.05) is 11.6 Å². The molecule has 0 radical (unpaired) electrons. The van der Waals surface area contributed by atoms with Gasteiger partial charge in [0.1, 0.15) is 5.75 Å². The van der Waals surface area contributed by atoms with Gasteiger partial charge in [0.05, 0.1) is 0 Å². The molecule has 1 rings (SSSR count). The third-order valence-electron chi connectivity index (χ3n) is 2.90. The zero-order valence-corrected chi connectivity index (χ0v) is 13.8. The van der Waals surface area contributed by atoms with Gasteiger partial charge in [0.15, 0.2) is 6.61 Å². The molecule has 1 aromatic carbocycles. The topological polar surface area (TPSA) is 50.4 Å². The lowest BCUT2D eigenvalue weighted by atomic mass is 10.1. The molecule has 0 aliphatic carbocycles. The molecule has 1 aromatic rings. The fourth-order valence-electron chi connectivity index (χ4n) is 2.10. The minimum atomic E-state index is -0.229. The summed E-state index contributed by atoms with van der Waals surface area (Å²) in [4.78, 5) is 11.7. The van der Waals surface area contributed by atoms with E-state index in [9.17, 15) is 4.79 Å². The minimum absolute atomic E-state index is 0.0460. The molecule has 118 valence electrons. The van der Waals surface area contributed by atoms with E-state index in [1.54, 1.807) is 0 Å². The molecule has 0 aliphatic heterocycles. The van der Waals surface area contributed by atoms with Crippen molar-refractivity contribution < 1.29 is 9.53 Å². The number of hydrogen-bond donors (Lipinski definition) is 2. The molecule has 21 heavy (non-hydrogen) atoms. The first-order valence-electron chi connectivity index (χ1n) is 7.56. The average Bonchev–Trinajstić information content (AvgIpc) is 2.36. The maximum absolute atomic E-state index is 11.7. The van der Waals surface area contributed by atoms with E-state index in [2.05, 4.69) is 24.5 Å². The number of amides is 1. The summed E-state index contributed by atoms with van der Waals surface area (Å²) >= 11 is 0. The molecular formula is C17H28N2O2. The van der Waals surface area contributed by atoms with Gasteiger partial charge in [0.2, 0.25) is 0 Å². The summed E-state index contributed by atoms with van der Waals surface area (Å²) in [6.45, 7) is 11.2. The monoisotopic (exact) mass is 292 g/mol. The fourth-order valence-corrected chi connectivity index (χ4v) is 2.10. The Hall–Kier alpha value is -1.55. The highest BCUT2D eigenvalue weighted by Crippen LogP contribution is 2.13. The lowest BCUT2D eigenvalue weighted by molar-refractivity contribution is -0.124. The summed E-state index contributed by atoms with van der Waals surface area (Å²) < 4.78 is 5.49. The van der Waals surface area contributed by atoms with Crippen LogP contribution in [0.1, 0.15) is 40.2 Å². The third-order valence-corrected chi connectivity index (χ3v) is 2.90. The van der Waals surface area contributed by atoms with Crippen molar-refractivity contribution in [2.75, 3.05) is 13.2 Å². The van der Waals surface area contributed by atoms with Crippen molar-refractivity contribution in [3.05, 3.63) is 29.8 Å². The number of ether oxygens (including phenoxy) is 1. The van der Waals surface area contributed by atoms with Crippen LogP contribution in [0.4, 0.5) is 0 Å². The molecule has 0 spiro atoms. The molecule has 4 heteroatoms. The van der Waals surface area contributed by atoms with E-state index >= 15 is 0 Å². The Bertz CT molecular complexity index is 435. The van der Waals surface area contributed by atoms with Crippen molar-refractivity contribution in [3.8, 4) is 5.75 Å². The van der Waals surface area contributed by atoms with Crippen molar-refractivity contribution >= 4 is 5.91 Å². The second-order valence-corrected chi connectivity index (χ2v) is 6.39. The van der Waals surface area contributed by atoms with Crippen molar-refractivity contribution in [2.24, 2.45) is 0 Å². The SMILES string of the molecule is CCNC(C)Cc1ccc(OCC(=O)NC(C)(C)C)cc1. The maximum Gasteiger partial charge on any atom is 0.258 e. The standard InChI is InChI=1S/C17H28N2O2/c1-6-18-13(2)11-14-7-9-15(10-8-14)21-12-16(20)19-17(3,4)5/h7-10,13,18H,6,11-12H2,1-5H3,(H,19,20). The van der Waals surface area contributed by atoms with Crippen LogP contribution in [0, 0.1) is 0 Å². The number of carbonyl (C=O) groups is 1. The van der Waals surface area contributed by atoms with E-state index in [0.717, 1.165) is 18.7 Å². The van der Waals surface area contributed by atoms with E-state index in [1.165, 1.54) is 5.56 Å². The predicted octanol–water partition coefficient (Wildman–Crippen LogP) is 2.52. The molecule has 1 unspecified atom stereocenters. The van der Waals surface area contributed by atoms with Gasteiger partial charge in [-0.1, -0.05) is 19.1 Å². The van der Waals surface area contributed by atoms with Crippen LogP contribution in [-0.4, -0.2) is 30.6 Å². The Balaban J connectivity index is 2.42. The van der Waals surface area contributed by atoms with Gasteiger partial charge < -0.3 is 15.4 Å². The van der Waals surface area contributed by atoms with Crippen molar-refractivity contribution in [1.29, 1.82) is 0 Å². The van der Waals surface area contributed by atoms with Crippen molar-refractivity contribution in [1.82, 2.24) is 10.6 Å². The largest absolute Gasteiger partial charge is 0.484 e. The van der Waals surface area contributed by atoms with Crippen LogP contribution < -0.4 is 15.4 Å². The Morgan fingerprint density at radius 3 is 2.38 bits per heavy atom. The number of carbonyl (C=O) groups excluding carboxylic acids is 1. The van der Waals surface area contributed by atoms with Crippen LogP contribution in [0.25, 0.3) is 0 Å². The third kappa shape index (κ3) is 7.71. The molecule has 0 bridgehead atoms. The second-order valence-electron chi connectivity index (χ2n) is 6.39. The minimum Gasteiger partial charge on any atom is -0.484 e. The fraction of sp³-hybridized carbons (Fsp3) is 0.588. The maximum atomic E-state index is 11.7. The van der Waals surface area contributed by atoms with E-state index < -0.39 is 0 Å². The quantitative estimate of drug-likeness (QED) is 0.812. The average molecular weight is 292 g/mol. The van der Waals surface area contributed by atoms with Gasteiger partial charge in [-0.05, 0) is 58.4 Å². The van der Waals surface area contributed by atoms with Crippen molar-refractivity contribution in [3.63, 3.8) is 0 Å². The molecule has 1 atom stereocenters. The summed E-state index contributed by atoms with van der Waals surface area (Å²) in [7, 11) is 0. The smallest absolute Gasteiger partial charge is 0.258 e. The Morgan fingerprint density at radius 2 is 1.86 bits per heavy atom. The van der Waals surface area contributed by atoms with Crippen LogP contribution >= 0.6 is 0 Å². The molecule has 2 N–H and O–H groups in total. The first-order valence-corrected chi connectivity index (χ1v) is 7.56.